The molecule has 0 heterocycles. The van der Waals surface area contributed by atoms with Crippen LogP contribution in [-0.4, -0.2) is 29.0 Å². The summed E-state index contributed by atoms with van der Waals surface area (Å²) in [6, 6.07) is 0. The molecular weight excluding hydrogens is 310 g/mol. The van der Waals surface area contributed by atoms with E-state index in [0.717, 1.165) is 38.6 Å². The third-order valence-electron chi connectivity index (χ3n) is 6.82. The van der Waals surface area contributed by atoms with Crippen LogP contribution in [-0.2, 0) is 0 Å². The Bertz CT molecular complexity index is 467. The summed E-state index contributed by atoms with van der Waals surface area (Å²) in [6.07, 6.45) is 19.0. The third kappa shape index (κ3) is 4.96. The fourth-order valence-corrected chi connectivity index (χ4v) is 5.34. The lowest BCUT2D eigenvalue weighted by atomic mass is 9.83. The molecule has 25 heavy (non-hydrogen) atoms. The highest BCUT2D eigenvalue weighted by Gasteiger charge is 2.43. The molecule has 0 aliphatic heterocycles. The number of aliphatic hydroxyl groups is 2. The Hall–Kier alpha value is -0.640. The summed E-state index contributed by atoms with van der Waals surface area (Å²) < 4.78 is 0. The number of hydrogen-bond donors (Lipinski definition) is 3. The maximum absolute atomic E-state index is 10.5. The second kappa shape index (κ2) is 9.34. The summed E-state index contributed by atoms with van der Waals surface area (Å²) in [7, 11) is 0. The van der Waals surface area contributed by atoms with Crippen molar-refractivity contribution in [2.24, 2.45) is 29.4 Å². The Labute approximate surface area is 153 Å². The van der Waals surface area contributed by atoms with E-state index in [1.807, 2.05) is 6.08 Å². The highest BCUT2D eigenvalue weighted by atomic mass is 16.3. The lowest BCUT2D eigenvalue weighted by molar-refractivity contribution is 0.120. The van der Waals surface area contributed by atoms with E-state index in [1.54, 1.807) is 5.57 Å². The molecular formula is C22H37NO2. The fraction of sp³-hybridized carbons (Fsp3) is 0.818. The molecule has 0 aromatic heterocycles. The molecule has 0 saturated heterocycles. The van der Waals surface area contributed by atoms with Crippen LogP contribution in [0.4, 0.5) is 0 Å². The highest BCUT2D eigenvalue weighted by Crippen LogP contribution is 2.48. The summed E-state index contributed by atoms with van der Waals surface area (Å²) in [5.74, 6) is 1.75. The number of aliphatic hydroxyl groups excluding tert-OH is 2. The molecule has 0 spiro atoms. The van der Waals surface area contributed by atoms with Crippen molar-refractivity contribution in [1.29, 1.82) is 0 Å². The van der Waals surface area contributed by atoms with Gasteiger partial charge in [0.25, 0.3) is 0 Å². The molecule has 4 N–H and O–H groups in total. The fourth-order valence-electron chi connectivity index (χ4n) is 5.34. The summed E-state index contributed by atoms with van der Waals surface area (Å²) in [4.78, 5) is 0. The Balaban J connectivity index is 1.50. The molecule has 3 rings (SSSR count). The van der Waals surface area contributed by atoms with Gasteiger partial charge in [-0.05, 0) is 69.2 Å². The maximum atomic E-state index is 10.5. The summed E-state index contributed by atoms with van der Waals surface area (Å²) in [6.45, 7) is 0.798. The first-order chi connectivity index (χ1) is 12.2. The number of fused-ring (bicyclic) bond motifs is 1. The summed E-state index contributed by atoms with van der Waals surface area (Å²) in [5.41, 5.74) is 7.16. The second-order valence-electron chi connectivity index (χ2n) is 8.61. The normalized spacial score (nSPS) is 34.4. The zero-order chi connectivity index (χ0) is 17.6. The molecule has 3 heteroatoms. The van der Waals surface area contributed by atoms with Gasteiger partial charge in [-0.3, -0.25) is 0 Å². The number of hydrogen-bond acceptors (Lipinski definition) is 3. The summed E-state index contributed by atoms with van der Waals surface area (Å²) in [5, 5.41) is 21.0. The molecule has 0 aromatic carbocycles. The molecule has 0 bridgehead atoms. The van der Waals surface area contributed by atoms with Crippen molar-refractivity contribution >= 4 is 0 Å². The minimum Gasteiger partial charge on any atom is -0.392 e. The quantitative estimate of drug-likeness (QED) is 0.460. The van der Waals surface area contributed by atoms with E-state index in [-0.39, 0.29) is 18.1 Å². The minimum atomic E-state index is -0.323. The van der Waals surface area contributed by atoms with Gasteiger partial charge in [0.05, 0.1) is 12.2 Å². The van der Waals surface area contributed by atoms with E-state index >= 15 is 0 Å². The zero-order valence-electron chi connectivity index (χ0n) is 15.7. The Morgan fingerprint density at radius 1 is 1.16 bits per heavy atom. The van der Waals surface area contributed by atoms with Crippen LogP contribution in [0, 0.1) is 23.7 Å². The van der Waals surface area contributed by atoms with Gasteiger partial charge in [-0.15, -0.1) is 0 Å². The predicted molar refractivity (Wildman–Crippen MR) is 103 cm³/mol. The molecule has 3 aliphatic carbocycles. The van der Waals surface area contributed by atoms with Crippen LogP contribution in [0.3, 0.4) is 0 Å². The monoisotopic (exact) mass is 347 g/mol. The van der Waals surface area contributed by atoms with Crippen LogP contribution < -0.4 is 5.73 Å². The molecule has 142 valence electrons. The molecule has 0 amide bonds. The zero-order valence-corrected chi connectivity index (χ0v) is 15.7. The van der Waals surface area contributed by atoms with E-state index < -0.39 is 0 Å². The van der Waals surface area contributed by atoms with Gasteiger partial charge in [-0.25, -0.2) is 0 Å². The first kappa shape index (κ1) is 19.1. The number of nitrogens with two attached hydrogens (primary N) is 1. The van der Waals surface area contributed by atoms with Crippen molar-refractivity contribution in [2.45, 2.75) is 82.8 Å². The van der Waals surface area contributed by atoms with Crippen molar-refractivity contribution in [2.75, 3.05) is 6.54 Å². The van der Waals surface area contributed by atoms with Crippen molar-refractivity contribution in [1.82, 2.24) is 0 Å². The second-order valence-corrected chi connectivity index (χ2v) is 8.61. The average Bonchev–Trinajstić information content (AvgIpc) is 3.14. The van der Waals surface area contributed by atoms with E-state index in [2.05, 4.69) is 12.2 Å². The molecule has 3 nitrogen and oxygen atoms in total. The standard InChI is InChI=1S/C22H37NO2/c23-12-6-2-3-7-16-13-18-15-22(25)19(20(18)14-16)10-11-21(24)17-8-4-1-5-9-17/h10-11,13,17-22,24-25H,1-9,12,14-15,23H2/b11-10+/t18-,19+,20-,21+,22+/m0/s1. The molecule has 5 atom stereocenters. The Kier molecular flexibility index (Phi) is 7.15. The van der Waals surface area contributed by atoms with Gasteiger partial charge in [-0.1, -0.05) is 49.5 Å². The molecule has 0 aromatic rings. The SMILES string of the molecule is NCCCCCC1=C[C@H]2C[C@@H](O)[C@H](/C=C/[C@@H](O)C3CCCCC3)[C@H]2C1. The minimum absolute atomic E-state index is 0.223. The van der Waals surface area contributed by atoms with Gasteiger partial charge in [0.15, 0.2) is 0 Å². The van der Waals surface area contributed by atoms with Crippen LogP contribution in [0.2, 0.25) is 0 Å². The smallest absolute Gasteiger partial charge is 0.0749 e. The van der Waals surface area contributed by atoms with Crippen LogP contribution in [0.25, 0.3) is 0 Å². The van der Waals surface area contributed by atoms with Crippen molar-refractivity contribution in [3.05, 3.63) is 23.8 Å². The Morgan fingerprint density at radius 2 is 1.96 bits per heavy atom. The Morgan fingerprint density at radius 3 is 2.72 bits per heavy atom. The molecule has 2 fully saturated rings. The van der Waals surface area contributed by atoms with Crippen LogP contribution in [0.5, 0.6) is 0 Å². The van der Waals surface area contributed by atoms with Gasteiger partial charge >= 0.3 is 0 Å². The van der Waals surface area contributed by atoms with Gasteiger partial charge in [0.1, 0.15) is 0 Å². The first-order valence-electron chi connectivity index (χ1n) is 10.6. The van der Waals surface area contributed by atoms with Gasteiger partial charge < -0.3 is 15.9 Å². The van der Waals surface area contributed by atoms with E-state index in [9.17, 15) is 10.2 Å². The lowest BCUT2D eigenvalue weighted by Gasteiger charge is -2.25. The predicted octanol–water partition coefficient (Wildman–Crippen LogP) is 3.95. The lowest BCUT2D eigenvalue weighted by Crippen LogP contribution is -2.22. The molecule has 0 radical (unpaired) electrons. The van der Waals surface area contributed by atoms with E-state index in [1.165, 1.54) is 38.5 Å². The van der Waals surface area contributed by atoms with Crippen LogP contribution >= 0.6 is 0 Å². The average molecular weight is 348 g/mol. The van der Waals surface area contributed by atoms with Crippen LogP contribution in [0.1, 0.15) is 70.6 Å². The molecule has 3 aliphatic rings. The van der Waals surface area contributed by atoms with Crippen molar-refractivity contribution < 1.29 is 10.2 Å². The van der Waals surface area contributed by atoms with Gasteiger partial charge in [0.2, 0.25) is 0 Å². The largest absolute Gasteiger partial charge is 0.392 e. The maximum Gasteiger partial charge on any atom is 0.0749 e. The highest BCUT2D eigenvalue weighted by molar-refractivity contribution is 5.21. The topological polar surface area (TPSA) is 66.5 Å². The molecule has 2 saturated carbocycles. The summed E-state index contributed by atoms with van der Waals surface area (Å²) >= 11 is 0. The number of allylic oxidation sites excluding steroid dienone is 2. The number of rotatable bonds is 8. The van der Waals surface area contributed by atoms with E-state index in [0.29, 0.717) is 17.8 Å². The van der Waals surface area contributed by atoms with Crippen molar-refractivity contribution in [3.63, 3.8) is 0 Å². The molecule has 0 unspecified atom stereocenters. The van der Waals surface area contributed by atoms with Crippen LogP contribution in [0.15, 0.2) is 23.8 Å². The van der Waals surface area contributed by atoms with Gasteiger partial charge in [0, 0.05) is 5.92 Å². The first-order valence-corrected chi connectivity index (χ1v) is 10.6. The number of unbranched alkanes of at least 4 members (excludes halogenated alkanes) is 2. The van der Waals surface area contributed by atoms with Gasteiger partial charge in [-0.2, -0.15) is 0 Å². The van der Waals surface area contributed by atoms with Crippen molar-refractivity contribution in [3.8, 4) is 0 Å². The van der Waals surface area contributed by atoms with E-state index in [4.69, 9.17) is 5.73 Å². The third-order valence-corrected chi connectivity index (χ3v) is 6.82.